The zero-order valence-electron chi connectivity index (χ0n) is 31.4. The van der Waals surface area contributed by atoms with E-state index in [-0.39, 0.29) is 48.5 Å². The predicted octanol–water partition coefficient (Wildman–Crippen LogP) is 6.96. The first kappa shape index (κ1) is 40.3. The summed E-state index contributed by atoms with van der Waals surface area (Å²) < 4.78 is 23.1. The Hall–Kier alpha value is -3.14. The molecule has 0 saturated heterocycles. The highest BCUT2D eigenvalue weighted by atomic mass is 16.6. The number of rotatable bonds is 9. The van der Waals surface area contributed by atoms with Crippen LogP contribution in [0.3, 0.4) is 0 Å². The summed E-state index contributed by atoms with van der Waals surface area (Å²) in [6.07, 6.45) is 4.25. The molecule has 4 rings (SSSR count). The zero-order valence-corrected chi connectivity index (χ0v) is 31.4. The van der Waals surface area contributed by atoms with Gasteiger partial charge >= 0.3 is 12.1 Å². The number of esters is 1. The molecule has 2 aliphatic heterocycles. The maximum Gasteiger partial charge on any atom is 0.407 e. The highest BCUT2D eigenvalue weighted by molar-refractivity contribution is 5.90. The number of nitrogens with one attached hydrogen (secondary N) is 2. The van der Waals surface area contributed by atoms with Gasteiger partial charge in [-0.05, 0) is 123 Å². The minimum atomic E-state index is -1.10. The molecule has 2 amide bonds. The maximum absolute atomic E-state index is 14.0. The quantitative estimate of drug-likeness (QED) is 0.267. The molecule has 2 N–H and O–H groups in total. The number of hydrogen-bond donors (Lipinski definition) is 2. The largest absolute Gasteiger partial charge is 0.494 e. The van der Waals surface area contributed by atoms with E-state index in [1.54, 1.807) is 6.92 Å². The van der Waals surface area contributed by atoms with Crippen molar-refractivity contribution in [1.29, 1.82) is 0 Å². The van der Waals surface area contributed by atoms with Gasteiger partial charge in [-0.25, -0.2) is 4.79 Å². The zero-order chi connectivity index (χ0) is 36.4. The van der Waals surface area contributed by atoms with Crippen molar-refractivity contribution in [3.05, 3.63) is 29.8 Å². The molecule has 1 aromatic rings. The molecule has 1 aromatic carbocycles. The minimum Gasteiger partial charge on any atom is -0.494 e. The molecule has 49 heavy (non-hydrogen) atoms. The van der Waals surface area contributed by atoms with Gasteiger partial charge < -0.3 is 29.6 Å². The smallest absolute Gasteiger partial charge is 0.407 e. The molecule has 276 valence electrons. The molecule has 0 radical (unpaired) electrons. The van der Waals surface area contributed by atoms with Gasteiger partial charge in [0, 0.05) is 31.4 Å². The fraction of sp³-hybridized carbons (Fsp3) is 0.744. The van der Waals surface area contributed by atoms with Gasteiger partial charge in [0.05, 0.1) is 24.7 Å². The van der Waals surface area contributed by atoms with Gasteiger partial charge in [-0.15, -0.1) is 0 Å². The van der Waals surface area contributed by atoms with Crippen molar-refractivity contribution in [2.75, 3.05) is 19.8 Å². The second-order valence-electron chi connectivity index (χ2n) is 16.7. The van der Waals surface area contributed by atoms with Crippen LogP contribution >= 0.6 is 0 Å². The Morgan fingerprint density at radius 1 is 0.939 bits per heavy atom. The van der Waals surface area contributed by atoms with E-state index in [9.17, 15) is 19.2 Å². The van der Waals surface area contributed by atoms with Crippen molar-refractivity contribution >= 4 is 23.8 Å². The molecular formula is C39H62N2O8. The van der Waals surface area contributed by atoms with Crippen molar-refractivity contribution in [3.8, 4) is 5.75 Å². The van der Waals surface area contributed by atoms with Crippen LogP contribution in [-0.4, -0.2) is 66.9 Å². The molecule has 1 unspecified atom stereocenters. The van der Waals surface area contributed by atoms with Gasteiger partial charge in [-0.1, -0.05) is 26.0 Å². The summed E-state index contributed by atoms with van der Waals surface area (Å²) in [5.41, 5.74) is -1.50. The van der Waals surface area contributed by atoms with E-state index < -0.39 is 34.6 Å². The predicted molar refractivity (Wildman–Crippen MR) is 189 cm³/mol. The molecule has 10 heteroatoms. The van der Waals surface area contributed by atoms with Crippen LogP contribution in [0.15, 0.2) is 24.3 Å². The van der Waals surface area contributed by atoms with Crippen LogP contribution in [0.2, 0.25) is 0 Å². The average Bonchev–Trinajstić information content (AvgIpc) is 3.39. The molecule has 2 heterocycles. The van der Waals surface area contributed by atoms with Gasteiger partial charge in [0.2, 0.25) is 5.91 Å². The SMILES string of the molecule is CC(C)[C@H]1COCCCCOc2ccc(cc2)C[C@@H](CC(=O)CC(C)(C[C@@H]2CC[C@@H](NC(=O)OC(C)(C)C)C2)C(=O)OC(C)(C)C)C(=O)N1. The van der Waals surface area contributed by atoms with Crippen molar-refractivity contribution < 1.29 is 38.1 Å². The summed E-state index contributed by atoms with van der Waals surface area (Å²) in [7, 11) is 0. The van der Waals surface area contributed by atoms with E-state index in [4.69, 9.17) is 18.9 Å². The molecule has 10 nitrogen and oxygen atoms in total. The monoisotopic (exact) mass is 686 g/mol. The number of amides is 2. The number of alkyl carbamates (subject to hydrolysis) is 1. The third kappa shape index (κ3) is 14.3. The van der Waals surface area contributed by atoms with E-state index >= 15 is 0 Å². The van der Waals surface area contributed by atoms with Crippen LogP contribution in [0, 0.1) is 23.2 Å². The molecule has 0 aromatic heterocycles. The number of carbonyl (C=O) groups is 4. The number of fused-ring (bicyclic) bond motifs is 13. The normalized spacial score (nSPS) is 24.0. The van der Waals surface area contributed by atoms with E-state index in [2.05, 4.69) is 10.6 Å². The molecular weight excluding hydrogens is 624 g/mol. The molecule has 1 fully saturated rings. The van der Waals surface area contributed by atoms with E-state index in [0.717, 1.165) is 37.0 Å². The van der Waals surface area contributed by atoms with Gasteiger partial charge in [-0.3, -0.25) is 14.4 Å². The van der Waals surface area contributed by atoms with E-state index in [1.807, 2.05) is 79.7 Å². The van der Waals surface area contributed by atoms with Crippen LogP contribution in [0.4, 0.5) is 4.79 Å². The lowest BCUT2D eigenvalue weighted by Crippen LogP contribution is -2.46. The molecule has 1 aliphatic carbocycles. The topological polar surface area (TPSA) is 129 Å². The Morgan fingerprint density at radius 2 is 1.59 bits per heavy atom. The van der Waals surface area contributed by atoms with Crippen molar-refractivity contribution in [3.63, 3.8) is 0 Å². The van der Waals surface area contributed by atoms with Gasteiger partial charge in [0.1, 0.15) is 22.7 Å². The second-order valence-corrected chi connectivity index (χ2v) is 16.7. The molecule has 2 bridgehead atoms. The summed E-state index contributed by atoms with van der Waals surface area (Å²) in [4.78, 5) is 54.0. The lowest BCUT2D eigenvalue weighted by molar-refractivity contribution is -0.169. The third-order valence-corrected chi connectivity index (χ3v) is 9.11. The van der Waals surface area contributed by atoms with E-state index in [1.165, 1.54) is 0 Å². The molecule has 1 saturated carbocycles. The number of carbonyl (C=O) groups excluding carboxylic acids is 4. The van der Waals surface area contributed by atoms with E-state index in [0.29, 0.717) is 39.1 Å². The van der Waals surface area contributed by atoms with Crippen LogP contribution in [0.5, 0.6) is 5.75 Å². The van der Waals surface area contributed by atoms with Crippen molar-refractivity contribution in [1.82, 2.24) is 10.6 Å². The highest BCUT2D eigenvalue weighted by Crippen LogP contribution is 2.40. The first-order valence-corrected chi connectivity index (χ1v) is 18.2. The fourth-order valence-electron chi connectivity index (χ4n) is 6.59. The van der Waals surface area contributed by atoms with Crippen LogP contribution in [-0.2, 0) is 35.0 Å². The standard InChI is InChI=1S/C39H62N2O8/c1-26(2)33-25-46-18-10-11-19-47-32-16-13-27(14-17-32)20-29(34(43)41-33)22-31(42)24-39(9,35(44)48-37(3,4)5)23-28-12-15-30(21-28)40-36(45)49-38(6,7)8/h13-14,16-17,26,28-30,33H,10-12,15,18-25H2,1-9H3,(H,40,45)(H,41,43)/t28-,29+,30-,33-,39?/m1/s1. The Bertz CT molecular complexity index is 1250. The molecule has 3 aliphatic rings. The number of Topliss-reactive ketones (excluding diaryl/α,β-unsaturated/α-hetero) is 1. The fourth-order valence-corrected chi connectivity index (χ4v) is 6.59. The number of ketones is 1. The summed E-state index contributed by atoms with van der Waals surface area (Å²) in [6.45, 7) is 18.4. The third-order valence-electron chi connectivity index (χ3n) is 9.11. The van der Waals surface area contributed by atoms with Crippen molar-refractivity contribution in [2.24, 2.45) is 23.2 Å². The maximum atomic E-state index is 14.0. The average molecular weight is 687 g/mol. The van der Waals surface area contributed by atoms with Gasteiger partial charge in [0.25, 0.3) is 0 Å². The van der Waals surface area contributed by atoms with Crippen molar-refractivity contribution in [2.45, 2.75) is 143 Å². The summed E-state index contributed by atoms with van der Waals surface area (Å²) in [6, 6.07) is 7.42. The Morgan fingerprint density at radius 3 is 2.22 bits per heavy atom. The Kier molecular flexibility index (Phi) is 14.5. The highest BCUT2D eigenvalue weighted by Gasteiger charge is 2.43. The van der Waals surface area contributed by atoms with Crippen LogP contribution in [0.1, 0.15) is 119 Å². The summed E-state index contributed by atoms with van der Waals surface area (Å²) >= 11 is 0. The van der Waals surface area contributed by atoms with Crippen LogP contribution in [0.25, 0.3) is 0 Å². The molecule has 5 atom stereocenters. The second kappa shape index (κ2) is 17.7. The number of benzene rings is 1. The number of hydrogen-bond acceptors (Lipinski definition) is 8. The Labute approximate surface area is 294 Å². The van der Waals surface area contributed by atoms with Crippen LogP contribution < -0.4 is 15.4 Å². The number of ether oxygens (including phenoxy) is 4. The lowest BCUT2D eigenvalue weighted by Gasteiger charge is -2.33. The molecule has 0 spiro atoms. The first-order valence-electron chi connectivity index (χ1n) is 18.2. The van der Waals surface area contributed by atoms with Gasteiger partial charge in [0.15, 0.2) is 0 Å². The Balaban J connectivity index is 1.79. The summed E-state index contributed by atoms with van der Waals surface area (Å²) in [5, 5.41) is 6.14. The summed E-state index contributed by atoms with van der Waals surface area (Å²) in [5.74, 6) is -0.425. The minimum absolute atomic E-state index is 0.0123. The van der Waals surface area contributed by atoms with Gasteiger partial charge in [-0.2, -0.15) is 0 Å². The lowest BCUT2D eigenvalue weighted by atomic mass is 9.75. The first-order chi connectivity index (χ1) is 22.8.